The average molecular weight is 262 g/mol. The van der Waals surface area contributed by atoms with Crippen molar-refractivity contribution in [2.45, 2.75) is 13.3 Å². The standard InChI is InChI=1S/C13H18N4O2/c1-13(12(16)19)4-5-17(7-13)10-6-8(11(15)18)2-3-9(10)14/h2-3,6H,4-5,7,14H2,1H3,(H2,15,18)(H2,16,19). The molecule has 6 heteroatoms. The van der Waals surface area contributed by atoms with Crippen molar-refractivity contribution < 1.29 is 9.59 Å². The number of hydrogen-bond acceptors (Lipinski definition) is 4. The molecule has 2 amide bonds. The van der Waals surface area contributed by atoms with Crippen LogP contribution in [0.4, 0.5) is 11.4 Å². The quantitative estimate of drug-likeness (QED) is 0.668. The highest BCUT2D eigenvalue weighted by Gasteiger charge is 2.39. The topological polar surface area (TPSA) is 115 Å². The Morgan fingerprint density at radius 1 is 1.32 bits per heavy atom. The molecule has 1 heterocycles. The van der Waals surface area contributed by atoms with E-state index in [4.69, 9.17) is 17.2 Å². The van der Waals surface area contributed by atoms with Crippen LogP contribution in [0.2, 0.25) is 0 Å². The molecular formula is C13H18N4O2. The van der Waals surface area contributed by atoms with Gasteiger partial charge in [0.05, 0.1) is 16.8 Å². The van der Waals surface area contributed by atoms with Crippen LogP contribution in [-0.2, 0) is 4.79 Å². The van der Waals surface area contributed by atoms with Gasteiger partial charge in [-0.3, -0.25) is 9.59 Å². The zero-order valence-electron chi connectivity index (χ0n) is 10.8. The second kappa shape index (κ2) is 4.46. The molecule has 0 radical (unpaired) electrons. The van der Waals surface area contributed by atoms with Crippen molar-refractivity contribution >= 4 is 23.2 Å². The second-order valence-electron chi connectivity index (χ2n) is 5.23. The summed E-state index contributed by atoms with van der Waals surface area (Å²) in [5, 5.41) is 0. The number of anilines is 2. The van der Waals surface area contributed by atoms with Gasteiger partial charge in [-0.2, -0.15) is 0 Å². The lowest BCUT2D eigenvalue weighted by molar-refractivity contribution is -0.125. The van der Waals surface area contributed by atoms with Crippen molar-refractivity contribution in [1.82, 2.24) is 0 Å². The highest BCUT2D eigenvalue weighted by atomic mass is 16.1. The smallest absolute Gasteiger partial charge is 0.248 e. The van der Waals surface area contributed by atoms with Crippen LogP contribution in [0.5, 0.6) is 0 Å². The third-order valence-corrected chi connectivity index (χ3v) is 3.72. The largest absolute Gasteiger partial charge is 0.397 e. The first-order valence-electron chi connectivity index (χ1n) is 6.08. The van der Waals surface area contributed by atoms with E-state index in [1.807, 2.05) is 11.8 Å². The number of rotatable bonds is 3. The Kier molecular flexibility index (Phi) is 3.09. The van der Waals surface area contributed by atoms with E-state index in [9.17, 15) is 9.59 Å². The van der Waals surface area contributed by atoms with Gasteiger partial charge in [-0.1, -0.05) is 0 Å². The van der Waals surface area contributed by atoms with Gasteiger partial charge in [-0.05, 0) is 31.5 Å². The first-order chi connectivity index (χ1) is 8.83. The van der Waals surface area contributed by atoms with Crippen molar-refractivity contribution in [2.75, 3.05) is 23.7 Å². The van der Waals surface area contributed by atoms with Crippen LogP contribution in [0.3, 0.4) is 0 Å². The predicted octanol–water partition coefficient (Wildman–Crippen LogP) is 0.0694. The molecule has 6 nitrogen and oxygen atoms in total. The molecule has 0 bridgehead atoms. The molecule has 1 unspecified atom stereocenters. The lowest BCUT2D eigenvalue weighted by Gasteiger charge is -2.24. The molecule has 0 saturated carbocycles. The van der Waals surface area contributed by atoms with Crippen LogP contribution in [-0.4, -0.2) is 24.9 Å². The Morgan fingerprint density at radius 2 is 2.00 bits per heavy atom. The van der Waals surface area contributed by atoms with Gasteiger partial charge in [0.1, 0.15) is 0 Å². The lowest BCUT2D eigenvalue weighted by Crippen LogP contribution is -2.37. The Morgan fingerprint density at radius 3 is 2.53 bits per heavy atom. The van der Waals surface area contributed by atoms with Crippen molar-refractivity contribution in [1.29, 1.82) is 0 Å². The Balaban J connectivity index is 2.31. The van der Waals surface area contributed by atoms with Crippen molar-refractivity contribution in [3.05, 3.63) is 23.8 Å². The molecule has 1 saturated heterocycles. The fraction of sp³-hybridized carbons (Fsp3) is 0.385. The highest BCUT2D eigenvalue weighted by molar-refractivity contribution is 5.95. The number of nitrogens with two attached hydrogens (primary N) is 3. The first-order valence-corrected chi connectivity index (χ1v) is 6.08. The van der Waals surface area contributed by atoms with E-state index in [0.717, 1.165) is 5.69 Å². The van der Waals surface area contributed by atoms with Crippen molar-refractivity contribution in [3.63, 3.8) is 0 Å². The normalized spacial score (nSPS) is 22.5. The maximum Gasteiger partial charge on any atom is 0.248 e. The van der Waals surface area contributed by atoms with Gasteiger partial charge >= 0.3 is 0 Å². The van der Waals surface area contributed by atoms with Gasteiger partial charge in [0, 0.05) is 18.7 Å². The molecule has 1 aromatic carbocycles. The maximum absolute atomic E-state index is 11.5. The number of amides is 2. The summed E-state index contributed by atoms with van der Waals surface area (Å²) in [6.07, 6.45) is 0.669. The van der Waals surface area contributed by atoms with Gasteiger partial charge in [-0.25, -0.2) is 0 Å². The van der Waals surface area contributed by atoms with Gasteiger partial charge in [0.2, 0.25) is 11.8 Å². The van der Waals surface area contributed by atoms with Gasteiger partial charge in [0.25, 0.3) is 0 Å². The molecule has 102 valence electrons. The molecule has 0 spiro atoms. The average Bonchev–Trinajstić information content (AvgIpc) is 2.73. The fourth-order valence-corrected chi connectivity index (χ4v) is 2.34. The number of nitrogens with zero attached hydrogens (tertiary/aromatic N) is 1. The maximum atomic E-state index is 11.5. The predicted molar refractivity (Wildman–Crippen MR) is 73.5 cm³/mol. The monoisotopic (exact) mass is 262 g/mol. The first kappa shape index (κ1) is 13.2. The summed E-state index contributed by atoms with van der Waals surface area (Å²) in [6, 6.07) is 4.89. The molecule has 2 rings (SSSR count). The van der Waals surface area contributed by atoms with E-state index in [2.05, 4.69) is 0 Å². The van der Waals surface area contributed by atoms with E-state index in [0.29, 0.717) is 30.8 Å². The van der Waals surface area contributed by atoms with E-state index < -0.39 is 11.3 Å². The summed E-state index contributed by atoms with van der Waals surface area (Å²) in [5.41, 5.74) is 17.7. The number of carbonyl (C=O) groups is 2. The molecule has 1 aliphatic rings. The fourth-order valence-electron chi connectivity index (χ4n) is 2.34. The number of benzene rings is 1. The Labute approximate surface area is 111 Å². The number of carbonyl (C=O) groups excluding carboxylic acids is 2. The molecular weight excluding hydrogens is 244 g/mol. The number of nitrogen functional groups attached to an aromatic ring is 1. The summed E-state index contributed by atoms with van der Waals surface area (Å²) >= 11 is 0. The zero-order chi connectivity index (χ0) is 14.2. The Bertz CT molecular complexity index is 543. The van der Waals surface area contributed by atoms with Crippen LogP contribution < -0.4 is 22.1 Å². The minimum Gasteiger partial charge on any atom is -0.397 e. The molecule has 1 aromatic rings. The molecule has 1 aliphatic heterocycles. The highest BCUT2D eigenvalue weighted by Crippen LogP contribution is 2.35. The Hall–Kier alpha value is -2.24. The van der Waals surface area contributed by atoms with Crippen molar-refractivity contribution in [2.24, 2.45) is 16.9 Å². The van der Waals surface area contributed by atoms with Gasteiger partial charge in [-0.15, -0.1) is 0 Å². The zero-order valence-corrected chi connectivity index (χ0v) is 10.8. The SMILES string of the molecule is CC1(C(N)=O)CCN(c2cc(C(N)=O)ccc2N)C1. The van der Waals surface area contributed by atoms with Crippen LogP contribution in [0, 0.1) is 5.41 Å². The summed E-state index contributed by atoms with van der Waals surface area (Å²) in [6.45, 7) is 3.00. The van der Waals surface area contributed by atoms with Crippen LogP contribution in [0.1, 0.15) is 23.7 Å². The summed E-state index contributed by atoms with van der Waals surface area (Å²) < 4.78 is 0. The van der Waals surface area contributed by atoms with Crippen LogP contribution >= 0.6 is 0 Å². The van der Waals surface area contributed by atoms with Crippen LogP contribution in [0.25, 0.3) is 0 Å². The summed E-state index contributed by atoms with van der Waals surface area (Å²) in [5.74, 6) is -0.822. The van der Waals surface area contributed by atoms with E-state index in [1.165, 1.54) is 0 Å². The molecule has 1 atom stereocenters. The lowest BCUT2D eigenvalue weighted by atomic mass is 9.89. The van der Waals surface area contributed by atoms with E-state index >= 15 is 0 Å². The molecule has 1 fully saturated rings. The molecule has 0 aromatic heterocycles. The second-order valence-corrected chi connectivity index (χ2v) is 5.23. The number of hydrogen-bond donors (Lipinski definition) is 3. The molecule has 0 aliphatic carbocycles. The van der Waals surface area contributed by atoms with E-state index in [1.54, 1.807) is 18.2 Å². The van der Waals surface area contributed by atoms with Crippen molar-refractivity contribution in [3.8, 4) is 0 Å². The third kappa shape index (κ3) is 2.33. The third-order valence-electron chi connectivity index (χ3n) is 3.72. The molecule has 6 N–H and O–H groups in total. The minimum absolute atomic E-state index is 0.320. The summed E-state index contributed by atoms with van der Waals surface area (Å²) in [4.78, 5) is 24.6. The minimum atomic E-state index is -0.560. The van der Waals surface area contributed by atoms with Gasteiger partial charge in [0.15, 0.2) is 0 Å². The van der Waals surface area contributed by atoms with Crippen LogP contribution in [0.15, 0.2) is 18.2 Å². The van der Waals surface area contributed by atoms with Gasteiger partial charge < -0.3 is 22.1 Å². The summed E-state index contributed by atoms with van der Waals surface area (Å²) in [7, 11) is 0. The van der Waals surface area contributed by atoms with E-state index in [-0.39, 0.29) is 5.91 Å². The number of primary amides is 2. The molecule has 19 heavy (non-hydrogen) atoms.